The second-order valence-electron chi connectivity index (χ2n) is 4.51. The first-order valence-corrected chi connectivity index (χ1v) is 6.86. The molecule has 0 saturated heterocycles. The zero-order valence-electron chi connectivity index (χ0n) is 11.8. The number of nitrogens with zero attached hydrogens (tertiary/aromatic N) is 1. The largest absolute Gasteiger partial charge is 0.399 e. The molecule has 0 heterocycles. The fraction of sp³-hybridized carbons (Fsp3) is 0. The molecule has 0 aliphatic heterocycles. The summed E-state index contributed by atoms with van der Waals surface area (Å²) in [5, 5.41) is 14.7. The van der Waals surface area contributed by atoms with Crippen LogP contribution in [0, 0.1) is 17.1 Å². The minimum Gasteiger partial charge on any atom is -0.399 e. The smallest absolute Gasteiger partial charge is 0.267 e. The van der Waals surface area contributed by atoms with Gasteiger partial charge in [0.15, 0.2) is 0 Å². The number of nitrogen functional groups attached to an aromatic ring is 1. The first-order chi connectivity index (χ1) is 11.0. The van der Waals surface area contributed by atoms with Gasteiger partial charge in [0, 0.05) is 17.6 Å². The molecule has 0 radical (unpaired) electrons. The summed E-state index contributed by atoms with van der Waals surface area (Å²) in [4.78, 5) is 12.0. The number of carbonyl (C=O) groups excluding carboxylic acids is 1. The van der Waals surface area contributed by atoms with Crippen LogP contribution >= 0.6 is 11.6 Å². The first kappa shape index (κ1) is 16.3. The topological polar surface area (TPSA) is 90.9 Å². The van der Waals surface area contributed by atoms with Crippen LogP contribution in [-0.2, 0) is 4.79 Å². The zero-order chi connectivity index (χ0) is 16.8. The number of halogens is 2. The molecule has 2 rings (SSSR count). The van der Waals surface area contributed by atoms with Gasteiger partial charge in [0.25, 0.3) is 5.91 Å². The number of rotatable bonds is 4. The summed E-state index contributed by atoms with van der Waals surface area (Å²) in [7, 11) is 0. The molecule has 0 fully saturated rings. The van der Waals surface area contributed by atoms with E-state index in [0.29, 0.717) is 22.1 Å². The van der Waals surface area contributed by atoms with Crippen LogP contribution in [0.2, 0.25) is 5.02 Å². The van der Waals surface area contributed by atoms with E-state index in [1.54, 1.807) is 24.3 Å². The van der Waals surface area contributed by atoms with Gasteiger partial charge in [-0.05, 0) is 42.5 Å². The third-order valence-corrected chi connectivity index (χ3v) is 3.15. The summed E-state index contributed by atoms with van der Waals surface area (Å²) in [5.41, 5.74) is 6.80. The Morgan fingerprint density at radius 2 is 1.96 bits per heavy atom. The predicted octanol–water partition coefficient (Wildman–Crippen LogP) is 3.52. The average molecular weight is 331 g/mol. The normalized spacial score (nSPS) is 10.7. The predicted molar refractivity (Wildman–Crippen MR) is 88.2 cm³/mol. The van der Waals surface area contributed by atoms with Crippen LogP contribution in [0.5, 0.6) is 0 Å². The summed E-state index contributed by atoms with van der Waals surface area (Å²) in [6.45, 7) is 0. The highest BCUT2D eigenvalue weighted by atomic mass is 35.5. The maximum atomic E-state index is 12.8. The van der Waals surface area contributed by atoms with Crippen molar-refractivity contribution in [2.75, 3.05) is 16.4 Å². The number of anilines is 3. The van der Waals surface area contributed by atoms with Crippen molar-refractivity contribution in [3.8, 4) is 6.07 Å². The second-order valence-corrected chi connectivity index (χ2v) is 4.92. The van der Waals surface area contributed by atoms with E-state index in [-0.39, 0.29) is 5.57 Å². The van der Waals surface area contributed by atoms with E-state index in [1.165, 1.54) is 30.5 Å². The van der Waals surface area contributed by atoms with Crippen LogP contribution in [0.3, 0.4) is 0 Å². The summed E-state index contributed by atoms with van der Waals surface area (Å²) in [5.74, 6) is -1.04. The van der Waals surface area contributed by atoms with Gasteiger partial charge in [0.05, 0.1) is 10.7 Å². The summed E-state index contributed by atoms with van der Waals surface area (Å²) < 4.78 is 12.8. The summed E-state index contributed by atoms with van der Waals surface area (Å²) >= 11 is 5.99. The third-order valence-electron chi connectivity index (χ3n) is 2.83. The van der Waals surface area contributed by atoms with Gasteiger partial charge in [0.1, 0.15) is 17.5 Å². The van der Waals surface area contributed by atoms with Gasteiger partial charge in [-0.2, -0.15) is 5.26 Å². The zero-order valence-corrected chi connectivity index (χ0v) is 12.6. The molecule has 1 amide bonds. The second kappa shape index (κ2) is 7.29. The SMILES string of the molecule is N#C/C(=C/Nc1ccc(N)cc1Cl)C(=O)Nc1ccc(F)cc1. The molecule has 116 valence electrons. The molecule has 5 nitrogen and oxygen atoms in total. The van der Waals surface area contributed by atoms with Crippen molar-refractivity contribution in [3.05, 3.63) is 65.1 Å². The van der Waals surface area contributed by atoms with E-state index in [0.717, 1.165) is 0 Å². The Labute approximate surface area is 137 Å². The Bertz CT molecular complexity index is 797. The Balaban J connectivity index is 2.10. The maximum absolute atomic E-state index is 12.8. The van der Waals surface area contributed by atoms with E-state index < -0.39 is 11.7 Å². The third kappa shape index (κ3) is 4.46. The lowest BCUT2D eigenvalue weighted by atomic mass is 10.2. The Hall–Kier alpha value is -3.04. The average Bonchev–Trinajstić information content (AvgIpc) is 2.52. The number of amides is 1. The van der Waals surface area contributed by atoms with Crippen molar-refractivity contribution in [2.45, 2.75) is 0 Å². The van der Waals surface area contributed by atoms with Gasteiger partial charge in [0.2, 0.25) is 0 Å². The number of hydrogen-bond donors (Lipinski definition) is 3. The number of nitriles is 1. The van der Waals surface area contributed by atoms with Crippen molar-refractivity contribution < 1.29 is 9.18 Å². The van der Waals surface area contributed by atoms with Crippen LogP contribution in [0.4, 0.5) is 21.5 Å². The van der Waals surface area contributed by atoms with E-state index in [9.17, 15) is 9.18 Å². The fourth-order valence-corrected chi connectivity index (χ4v) is 1.92. The lowest BCUT2D eigenvalue weighted by Gasteiger charge is -2.07. The molecule has 0 atom stereocenters. The molecule has 0 aromatic heterocycles. The van der Waals surface area contributed by atoms with E-state index >= 15 is 0 Å². The fourth-order valence-electron chi connectivity index (χ4n) is 1.68. The van der Waals surface area contributed by atoms with Crippen molar-refractivity contribution in [1.82, 2.24) is 0 Å². The molecule has 2 aromatic rings. The molecule has 23 heavy (non-hydrogen) atoms. The molecule has 0 saturated carbocycles. The molecule has 0 aliphatic carbocycles. The molecular weight excluding hydrogens is 319 g/mol. The van der Waals surface area contributed by atoms with Crippen molar-refractivity contribution in [3.63, 3.8) is 0 Å². The van der Waals surface area contributed by atoms with Gasteiger partial charge >= 0.3 is 0 Å². The highest BCUT2D eigenvalue weighted by Crippen LogP contribution is 2.24. The van der Waals surface area contributed by atoms with E-state index in [2.05, 4.69) is 10.6 Å². The quantitative estimate of drug-likeness (QED) is 0.454. The number of carbonyl (C=O) groups is 1. The van der Waals surface area contributed by atoms with E-state index in [4.69, 9.17) is 22.6 Å². The Morgan fingerprint density at radius 3 is 2.57 bits per heavy atom. The summed E-state index contributed by atoms with van der Waals surface area (Å²) in [6, 6.07) is 11.8. The first-order valence-electron chi connectivity index (χ1n) is 6.48. The maximum Gasteiger partial charge on any atom is 0.267 e. The number of hydrogen-bond acceptors (Lipinski definition) is 4. The number of benzene rings is 2. The molecule has 0 spiro atoms. The molecular formula is C16H12ClFN4O. The van der Waals surface area contributed by atoms with Crippen molar-refractivity contribution >= 4 is 34.6 Å². The van der Waals surface area contributed by atoms with Crippen LogP contribution < -0.4 is 16.4 Å². The van der Waals surface area contributed by atoms with Gasteiger partial charge in [-0.3, -0.25) is 4.79 Å². The highest BCUT2D eigenvalue weighted by Gasteiger charge is 2.10. The highest BCUT2D eigenvalue weighted by molar-refractivity contribution is 6.33. The number of nitrogens with two attached hydrogens (primary N) is 1. The van der Waals surface area contributed by atoms with E-state index in [1.807, 2.05) is 0 Å². The minimum atomic E-state index is -0.627. The Kier molecular flexibility index (Phi) is 5.18. The van der Waals surface area contributed by atoms with Crippen LogP contribution in [0.15, 0.2) is 54.2 Å². The van der Waals surface area contributed by atoms with Crippen LogP contribution in [-0.4, -0.2) is 5.91 Å². The van der Waals surface area contributed by atoms with Gasteiger partial charge in [-0.25, -0.2) is 4.39 Å². The van der Waals surface area contributed by atoms with Crippen molar-refractivity contribution in [2.24, 2.45) is 0 Å². The lowest BCUT2D eigenvalue weighted by Crippen LogP contribution is -2.14. The summed E-state index contributed by atoms with van der Waals surface area (Å²) in [6.07, 6.45) is 1.23. The van der Waals surface area contributed by atoms with Gasteiger partial charge < -0.3 is 16.4 Å². The Morgan fingerprint density at radius 1 is 1.26 bits per heavy atom. The number of nitrogens with one attached hydrogen (secondary N) is 2. The molecule has 7 heteroatoms. The molecule has 2 aromatic carbocycles. The van der Waals surface area contributed by atoms with Gasteiger partial charge in [-0.1, -0.05) is 11.6 Å². The standard InChI is InChI=1S/C16H12ClFN4O/c17-14-7-12(20)3-6-15(14)21-9-10(8-19)16(23)22-13-4-1-11(18)2-5-13/h1-7,9,21H,20H2,(H,22,23)/b10-9-. The molecule has 0 bridgehead atoms. The lowest BCUT2D eigenvalue weighted by molar-refractivity contribution is -0.112. The van der Waals surface area contributed by atoms with Crippen molar-refractivity contribution in [1.29, 1.82) is 5.26 Å². The minimum absolute atomic E-state index is 0.165. The molecule has 0 aliphatic rings. The molecule has 0 unspecified atom stereocenters. The van der Waals surface area contributed by atoms with Gasteiger partial charge in [-0.15, -0.1) is 0 Å². The van der Waals surface area contributed by atoms with Crippen LogP contribution in [0.25, 0.3) is 0 Å². The molecule has 4 N–H and O–H groups in total. The monoisotopic (exact) mass is 330 g/mol. The van der Waals surface area contributed by atoms with Crippen LogP contribution in [0.1, 0.15) is 0 Å².